The monoisotopic (exact) mass is 340 g/mol. The molecule has 1 aromatic rings. The second kappa shape index (κ2) is 5.71. The normalized spacial score (nSPS) is 31.0. The van der Waals surface area contributed by atoms with E-state index in [2.05, 4.69) is 29.2 Å². The van der Waals surface area contributed by atoms with Gasteiger partial charge in [-0.3, -0.25) is 4.90 Å². The van der Waals surface area contributed by atoms with Gasteiger partial charge < -0.3 is 15.5 Å². The topological polar surface area (TPSA) is 52.8 Å². The summed E-state index contributed by atoms with van der Waals surface area (Å²) in [5, 5.41) is 0. The first-order chi connectivity index (χ1) is 12.2. The number of carbonyl (C=O) groups excluding carboxylic acids is 1. The third-order valence-corrected chi connectivity index (χ3v) is 6.81. The number of hydrogen-bond acceptors (Lipinski definition) is 3. The summed E-state index contributed by atoms with van der Waals surface area (Å²) < 4.78 is 0. The Morgan fingerprint density at radius 2 is 1.80 bits per heavy atom. The summed E-state index contributed by atoms with van der Waals surface area (Å²) >= 11 is 0. The zero-order valence-corrected chi connectivity index (χ0v) is 14.9. The molecule has 0 spiro atoms. The largest absolute Gasteiger partial charge is 0.326 e. The van der Waals surface area contributed by atoms with Gasteiger partial charge in [0, 0.05) is 36.8 Å². The first-order valence-corrected chi connectivity index (χ1v) is 9.83. The van der Waals surface area contributed by atoms with Crippen LogP contribution >= 0.6 is 0 Å². The van der Waals surface area contributed by atoms with Crippen LogP contribution in [-0.4, -0.2) is 60.6 Å². The zero-order valence-electron chi connectivity index (χ0n) is 14.9. The van der Waals surface area contributed by atoms with Crippen LogP contribution in [-0.2, 0) is 5.41 Å². The maximum absolute atomic E-state index is 12.6. The molecule has 0 radical (unpaired) electrons. The van der Waals surface area contributed by atoms with E-state index in [0.717, 1.165) is 25.2 Å². The van der Waals surface area contributed by atoms with Crippen LogP contribution < -0.4 is 10.6 Å². The van der Waals surface area contributed by atoms with Gasteiger partial charge in [0.1, 0.15) is 0 Å². The van der Waals surface area contributed by atoms with Crippen LogP contribution in [0.5, 0.6) is 0 Å². The number of benzene rings is 1. The molecule has 3 saturated heterocycles. The minimum absolute atomic E-state index is 0.128. The fourth-order valence-corrected chi connectivity index (χ4v) is 5.04. The van der Waals surface area contributed by atoms with Crippen molar-refractivity contribution >= 4 is 11.7 Å². The Kier molecular flexibility index (Phi) is 3.57. The Hall–Kier alpha value is -1.59. The van der Waals surface area contributed by atoms with Gasteiger partial charge in [0.05, 0.1) is 6.04 Å². The second-order valence-electron chi connectivity index (χ2n) is 8.42. The van der Waals surface area contributed by atoms with Crippen molar-refractivity contribution in [3.8, 4) is 0 Å². The second-order valence-corrected chi connectivity index (χ2v) is 8.42. The molecule has 4 aliphatic rings. The highest BCUT2D eigenvalue weighted by Crippen LogP contribution is 2.49. The van der Waals surface area contributed by atoms with E-state index in [4.69, 9.17) is 5.73 Å². The van der Waals surface area contributed by atoms with Gasteiger partial charge in [-0.2, -0.15) is 0 Å². The number of likely N-dealkylation sites (tertiary alicyclic amines) is 1. The first kappa shape index (κ1) is 15.6. The Balaban J connectivity index is 1.32. The molecule has 0 bridgehead atoms. The first-order valence-electron chi connectivity index (χ1n) is 9.83. The van der Waals surface area contributed by atoms with Gasteiger partial charge in [0.15, 0.2) is 0 Å². The number of rotatable bonds is 4. The summed E-state index contributed by atoms with van der Waals surface area (Å²) in [6.07, 6.45) is 6.24. The van der Waals surface area contributed by atoms with Crippen molar-refractivity contribution in [2.24, 2.45) is 5.73 Å². The number of fused-ring (bicyclic) bond motifs is 1. The number of amides is 2. The summed E-state index contributed by atoms with van der Waals surface area (Å²) in [4.78, 5) is 19.1. The Bertz CT molecular complexity index is 663. The molecule has 5 nitrogen and oxygen atoms in total. The van der Waals surface area contributed by atoms with Gasteiger partial charge >= 0.3 is 6.03 Å². The molecule has 2 N–H and O–H groups in total. The molecule has 25 heavy (non-hydrogen) atoms. The number of urea groups is 1. The van der Waals surface area contributed by atoms with Gasteiger partial charge in [-0.15, -0.1) is 0 Å². The Morgan fingerprint density at radius 1 is 1.08 bits per heavy atom. The quantitative estimate of drug-likeness (QED) is 0.914. The molecular formula is C20H28N4O. The highest BCUT2D eigenvalue weighted by Gasteiger charge is 2.47. The molecule has 1 saturated carbocycles. The van der Waals surface area contributed by atoms with E-state index < -0.39 is 0 Å². The summed E-state index contributed by atoms with van der Waals surface area (Å²) in [6, 6.07) is 9.25. The molecule has 5 rings (SSSR count). The summed E-state index contributed by atoms with van der Waals surface area (Å²) in [7, 11) is 0. The fourth-order valence-electron chi connectivity index (χ4n) is 5.04. The number of hydrogen-bond donors (Lipinski definition) is 1. The third kappa shape index (κ3) is 2.56. The maximum atomic E-state index is 12.6. The summed E-state index contributed by atoms with van der Waals surface area (Å²) in [5.41, 5.74) is 9.01. The summed E-state index contributed by atoms with van der Waals surface area (Å²) in [5.74, 6) is 0. The van der Waals surface area contributed by atoms with E-state index >= 15 is 0 Å². The standard InChI is InChI=1S/C20H28N4O/c21-17-7-12-23-18(17)13-24(19(23)25)16-5-3-15(4-6-16)20(8-9-20)14-22-10-1-2-11-22/h3-6,17-18H,1-2,7-14,21H2/t17-,18-/m1/s1. The lowest BCUT2D eigenvalue weighted by atomic mass is 9.95. The van der Waals surface area contributed by atoms with Crippen LogP contribution in [0.25, 0.3) is 0 Å². The molecule has 5 heteroatoms. The minimum Gasteiger partial charge on any atom is -0.326 e. The zero-order chi connectivity index (χ0) is 17.0. The number of nitrogens with zero attached hydrogens (tertiary/aromatic N) is 3. The SMILES string of the molecule is N[C@@H]1CCN2C(=O)N(c3ccc(C4(CN5CCCC5)CC4)cc3)C[C@H]12. The van der Waals surface area contributed by atoms with E-state index in [1.54, 1.807) is 0 Å². The van der Waals surface area contributed by atoms with Gasteiger partial charge in [-0.25, -0.2) is 4.79 Å². The van der Waals surface area contributed by atoms with Crippen molar-refractivity contribution in [3.05, 3.63) is 29.8 Å². The summed E-state index contributed by atoms with van der Waals surface area (Å²) in [6.45, 7) is 5.27. The molecule has 134 valence electrons. The molecule has 3 heterocycles. The smallest absolute Gasteiger partial charge is 0.324 e. The molecule has 0 aromatic heterocycles. The van der Waals surface area contributed by atoms with E-state index in [0.29, 0.717) is 5.41 Å². The third-order valence-electron chi connectivity index (χ3n) is 6.81. The van der Waals surface area contributed by atoms with E-state index in [-0.39, 0.29) is 18.1 Å². The molecule has 2 atom stereocenters. The highest BCUT2D eigenvalue weighted by atomic mass is 16.2. The van der Waals surface area contributed by atoms with Crippen LogP contribution in [0.1, 0.15) is 37.7 Å². The molecule has 4 fully saturated rings. The molecule has 1 aromatic carbocycles. The minimum atomic E-state index is 0.128. The van der Waals surface area contributed by atoms with Crippen molar-refractivity contribution in [3.63, 3.8) is 0 Å². The fraction of sp³-hybridized carbons (Fsp3) is 0.650. The van der Waals surface area contributed by atoms with E-state index in [9.17, 15) is 4.79 Å². The van der Waals surface area contributed by atoms with Gasteiger partial charge in [0.2, 0.25) is 0 Å². The van der Waals surface area contributed by atoms with Crippen molar-refractivity contribution < 1.29 is 4.79 Å². The van der Waals surface area contributed by atoms with Crippen LogP contribution in [0.3, 0.4) is 0 Å². The number of nitrogens with two attached hydrogens (primary N) is 1. The van der Waals surface area contributed by atoms with Crippen molar-refractivity contribution in [1.29, 1.82) is 0 Å². The van der Waals surface area contributed by atoms with Gasteiger partial charge in [0.25, 0.3) is 0 Å². The lowest BCUT2D eigenvalue weighted by molar-refractivity contribution is 0.218. The van der Waals surface area contributed by atoms with Gasteiger partial charge in [-0.1, -0.05) is 12.1 Å². The molecule has 2 amide bonds. The molecular weight excluding hydrogens is 312 g/mol. The average Bonchev–Trinajstić information content (AvgIpc) is 2.95. The highest BCUT2D eigenvalue weighted by molar-refractivity contribution is 5.95. The van der Waals surface area contributed by atoms with Crippen LogP contribution in [0.2, 0.25) is 0 Å². The van der Waals surface area contributed by atoms with E-state index in [1.807, 2.05) is 9.80 Å². The van der Waals surface area contributed by atoms with Crippen LogP contribution in [0.15, 0.2) is 24.3 Å². The van der Waals surface area contributed by atoms with Crippen LogP contribution in [0, 0.1) is 0 Å². The lowest BCUT2D eigenvalue weighted by Crippen LogP contribution is -2.37. The van der Waals surface area contributed by atoms with Crippen molar-refractivity contribution in [2.75, 3.05) is 37.6 Å². The molecule has 3 aliphatic heterocycles. The van der Waals surface area contributed by atoms with Crippen molar-refractivity contribution in [1.82, 2.24) is 9.80 Å². The predicted molar refractivity (Wildman–Crippen MR) is 98.9 cm³/mol. The number of carbonyl (C=O) groups is 1. The Labute approximate surface area is 149 Å². The predicted octanol–water partition coefficient (Wildman–Crippen LogP) is 2.16. The molecule has 1 aliphatic carbocycles. The maximum Gasteiger partial charge on any atom is 0.324 e. The van der Waals surface area contributed by atoms with Gasteiger partial charge in [-0.05, 0) is 62.9 Å². The Morgan fingerprint density at radius 3 is 2.44 bits per heavy atom. The lowest BCUT2D eigenvalue weighted by Gasteiger charge is -2.24. The van der Waals surface area contributed by atoms with E-state index in [1.165, 1.54) is 50.9 Å². The average molecular weight is 340 g/mol. The van der Waals surface area contributed by atoms with Crippen molar-refractivity contribution in [2.45, 2.75) is 49.6 Å². The molecule has 0 unspecified atom stereocenters. The van der Waals surface area contributed by atoms with Crippen LogP contribution in [0.4, 0.5) is 10.5 Å². The number of anilines is 1.